The molecule has 0 radical (unpaired) electrons. The van der Waals surface area contributed by atoms with Crippen LogP contribution in [0.1, 0.15) is 38.5 Å². The van der Waals surface area contributed by atoms with Crippen LogP contribution in [0.3, 0.4) is 0 Å². The highest BCUT2D eigenvalue weighted by atomic mass is 32.2. The molecular formula is C12H23N3O2S. The van der Waals surface area contributed by atoms with Gasteiger partial charge in [0, 0.05) is 25.2 Å². The quantitative estimate of drug-likeness (QED) is 0.738. The van der Waals surface area contributed by atoms with Gasteiger partial charge in [0.1, 0.15) is 0 Å². The predicted octanol–water partition coefficient (Wildman–Crippen LogP) is 0.447. The van der Waals surface area contributed by atoms with Crippen LogP contribution in [0.15, 0.2) is 0 Å². The van der Waals surface area contributed by atoms with E-state index in [0.717, 1.165) is 38.3 Å². The Balaban J connectivity index is 1.43. The lowest BCUT2D eigenvalue weighted by molar-refractivity contribution is 0.264. The van der Waals surface area contributed by atoms with E-state index in [0.29, 0.717) is 19.0 Å². The lowest BCUT2D eigenvalue weighted by atomic mass is 9.98. The number of nitrogens with zero attached hydrogens (tertiary/aromatic N) is 1. The van der Waals surface area contributed by atoms with Gasteiger partial charge in [-0.25, -0.2) is 0 Å². The van der Waals surface area contributed by atoms with Crippen molar-refractivity contribution >= 4 is 10.2 Å². The number of hydrogen-bond acceptors (Lipinski definition) is 3. The Kier molecular flexibility index (Phi) is 3.62. The van der Waals surface area contributed by atoms with Gasteiger partial charge in [-0.3, -0.25) is 0 Å². The Hall–Kier alpha value is -0.170. The van der Waals surface area contributed by atoms with E-state index in [4.69, 9.17) is 0 Å². The first kappa shape index (κ1) is 12.8. The van der Waals surface area contributed by atoms with Gasteiger partial charge in [-0.2, -0.15) is 17.4 Å². The van der Waals surface area contributed by atoms with Crippen molar-refractivity contribution in [3.05, 3.63) is 0 Å². The van der Waals surface area contributed by atoms with Crippen molar-refractivity contribution in [1.29, 1.82) is 0 Å². The SMILES string of the molecule is O=S(=O)(NC1CC1)N1CCC(CNC2CC2)CC1. The molecule has 3 rings (SSSR count). The molecular weight excluding hydrogens is 250 g/mol. The Morgan fingerprint density at radius 3 is 2.11 bits per heavy atom. The third-order valence-corrected chi connectivity index (χ3v) is 5.76. The van der Waals surface area contributed by atoms with E-state index < -0.39 is 10.2 Å². The van der Waals surface area contributed by atoms with E-state index in [1.165, 1.54) is 12.8 Å². The average Bonchev–Trinajstić information content (AvgIpc) is 3.21. The first-order valence-corrected chi connectivity index (χ1v) is 8.58. The topological polar surface area (TPSA) is 61.4 Å². The lowest BCUT2D eigenvalue weighted by Gasteiger charge is -2.31. The van der Waals surface area contributed by atoms with Gasteiger partial charge in [-0.15, -0.1) is 0 Å². The van der Waals surface area contributed by atoms with E-state index >= 15 is 0 Å². The Labute approximate surface area is 109 Å². The van der Waals surface area contributed by atoms with Crippen LogP contribution in [0.5, 0.6) is 0 Å². The summed E-state index contributed by atoms with van der Waals surface area (Å²) < 4.78 is 28.4. The zero-order chi connectivity index (χ0) is 12.6. The van der Waals surface area contributed by atoms with Crippen molar-refractivity contribution in [2.75, 3.05) is 19.6 Å². The van der Waals surface area contributed by atoms with Crippen molar-refractivity contribution in [3.8, 4) is 0 Å². The van der Waals surface area contributed by atoms with Crippen LogP contribution in [-0.2, 0) is 10.2 Å². The highest BCUT2D eigenvalue weighted by molar-refractivity contribution is 7.87. The highest BCUT2D eigenvalue weighted by Gasteiger charge is 2.33. The van der Waals surface area contributed by atoms with E-state index in [-0.39, 0.29) is 6.04 Å². The lowest BCUT2D eigenvalue weighted by Crippen LogP contribution is -2.46. The summed E-state index contributed by atoms with van der Waals surface area (Å²) in [5.41, 5.74) is 0. The minimum absolute atomic E-state index is 0.212. The molecule has 3 aliphatic rings. The minimum Gasteiger partial charge on any atom is -0.314 e. The summed E-state index contributed by atoms with van der Waals surface area (Å²) in [7, 11) is -3.20. The van der Waals surface area contributed by atoms with Gasteiger partial charge in [-0.05, 0) is 51.0 Å². The molecule has 0 unspecified atom stereocenters. The molecule has 6 heteroatoms. The molecule has 2 saturated carbocycles. The van der Waals surface area contributed by atoms with Crippen molar-refractivity contribution in [2.24, 2.45) is 5.92 Å². The Morgan fingerprint density at radius 2 is 1.56 bits per heavy atom. The molecule has 104 valence electrons. The Bertz CT molecular complexity index is 382. The third kappa shape index (κ3) is 3.44. The van der Waals surface area contributed by atoms with Gasteiger partial charge >= 0.3 is 0 Å². The van der Waals surface area contributed by atoms with Crippen LogP contribution in [-0.4, -0.2) is 44.4 Å². The molecule has 0 atom stereocenters. The van der Waals surface area contributed by atoms with E-state index in [1.807, 2.05) is 0 Å². The maximum atomic E-state index is 12.0. The molecule has 5 nitrogen and oxygen atoms in total. The summed E-state index contributed by atoms with van der Waals surface area (Å²) >= 11 is 0. The fourth-order valence-corrected chi connectivity index (χ4v) is 3.96. The van der Waals surface area contributed by atoms with Crippen molar-refractivity contribution in [1.82, 2.24) is 14.3 Å². The van der Waals surface area contributed by atoms with E-state index in [1.54, 1.807) is 4.31 Å². The van der Waals surface area contributed by atoms with Crippen molar-refractivity contribution in [3.63, 3.8) is 0 Å². The second-order valence-electron chi connectivity index (χ2n) is 5.92. The van der Waals surface area contributed by atoms with Crippen molar-refractivity contribution in [2.45, 2.75) is 50.6 Å². The van der Waals surface area contributed by atoms with E-state index in [9.17, 15) is 8.42 Å². The summed E-state index contributed by atoms with van der Waals surface area (Å²) in [6.07, 6.45) is 6.62. The number of hydrogen-bond donors (Lipinski definition) is 2. The zero-order valence-corrected chi connectivity index (χ0v) is 11.6. The van der Waals surface area contributed by atoms with Gasteiger partial charge < -0.3 is 5.32 Å². The Morgan fingerprint density at radius 1 is 0.944 bits per heavy atom. The van der Waals surface area contributed by atoms with Gasteiger partial charge in [0.25, 0.3) is 10.2 Å². The van der Waals surface area contributed by atoms with Crippen LogP contribution in [0, 0.1) is 5.92 Å². The van der Waals surface area contributed by atoms with Crippen LogP contribution < -0.4 is 10.0 Å². The number of rotatable bonds is 6. The fourth-order valence-electron chi connectivity index (χ4n) is 2.46. The molecule has 1 aliphatic heterocycles. The van der Waals surface area contributed by atoms with Crippen LogP contribution in [0.2, 0.25) is 0 Å². The van der Waals surface area contributed by atoms with Gasteiger partial charge in [0.05, 0.1) is 0 Å². The smallest absolute Gasteiger partial charge is 0.279 e. The molecule has 0 aromatic rings. The average molecular weight is 273 g/mol. The molecule has 1 saturated heterocycles. The predicted molar refractivity (Wildman–Crippen MR) is 70.4 cm³/mol. The summed E-state index contributed by atoms with van der Waals surface area (Å²) in [5.74, 6) is 0.651. The molecule has 0 spiro atoms. The molecule has 0 amide bonds. The maximum absolute atomic E-state index is 12.0. The molecule has 0 aromatic heterocycles. The normalized spacial score (nSPS) is 27.6. The molecule has 2 N–H and O–H groups in total. The van der Waals surface area contributed by atoms with Crippen LogP contribution >= 0.6 is 0 Å². The molecule has 0 aromatic carbocycles. The first-order chi connectivity index (χ1) is 8.63. The highest BCUT2D eigenvalue weighted by Crippen LogP contribution is 2.24. The monoisotopic (exact) mass is 273 g/mol. The number of piperidine rings is 1. The minimum atomic E-state index is -3.20. The van der Waals surface area contributed by atoms with E-state index in [2.05, 4.69) is 10.0 Å². The molecule has 1 heterocycles. The van der Waals surface area contributed by atoms with Crippen LogP contribution in [0.25, 0.3) is 0 Å². The summed E-state index contributed by atoms with van der Waals surface area (Å²) in [6, 6.07) is 0.965. The second kappa shape index (κ2) is 5.07. The van der Waals surface area contributed by atoms with Gasteiger partial charge in [0.2, 0.25) is 0 Å². The molecule has 3 fully saturated rings. The summed E-state index contributed by atoms with van der Waals surface area (Å²) in [6.45, 7) is 2.42. The maximum Gasteiger partial charge on any atom is 0.279 e. The van der Waals surface area contributed by atoms with Gasteiger partial charge in [-0.1, -0.05) is 0 Å². The van der Waals surface area contributed by atoms with Crippen molar-refractivity contribution < 1.29 is 8.42 Å². The molecule has 2 aliphatic carbocycles. The molecule has 18 heavy (non-hydrogen) atoms. The fraction of sp³-hybridized carbons (Fsp3) is 1.00. The zero-order valence-electron chi connectivity index (χ0n) is 10.8. The summed E-state index contributed by atoms with van der Waals surface area (Å²) in [5, 5.41) is 3.54. The largest absolute Gasteiger partial charge is 0.314 e. The van der Waals surface area contributed by atoms with Gasteiger partial charge in [0.15, 0.2) is 0 Å². The number of nitrogens with one attached hydrogen (secondary N) is 2. The molecule has 0 bridgehead atoms. The van der Waals surface area contributed by atoms with Crippen LogP contribution in [0.4, 0.5) is 0 Å². The second-order valence-corrected chi connectivity index (χ2v) is 7.62. The first-order valence-electron chi connectivity index (χ1n) is 7.14. The standard InChI is InChI=1S/C12H23N3O2S/c16-18(17,14-12-3-4-12)15-7-5-10(6-8-15)9-13-11-1-2-11/h10-14H,1-9H2. The third-order valence-electron chi connectivity index (χ3n) is 4.08. The summed E-state index contributed by atoms with van der Waals surface area (Å²) in [4.78, 5) is 0.